The number of piperidine rings is 2. The van der Waals surface area contributed by atoms with Gasteiger partial charge in [-0.2, -0.15) is 0 Å². The van der Waals surface area contributed by atoms with Crippen LogP contribution in [0.4, 0.5) is 0 Å². The van der Waals surface area contributed by atoms with Crippen molar-refractivity contribution in [1.29, 1.82) is 0 Å². The summed E-state index contributed by atoms with van der Waals surface area (Å²) in [5.41, 5.74) is 0. The number of aliphatic carboxylic acids is 2. The van der Waals surface area contributed by atoms with Crippen molar-refractivity contribution < 1.29 is 57.2 Å². The Kier molecular flexibility index (Phi) is 30.2. The highest BCUT2D eigenvalue weighted by Crippen LogP contribution is 2.16. The molecule has 2 aliphatic rings. The standard InChI is InChI=1S/2C9H20NO.2C6H12O4/c2*1-10(8-9-11-2)6-4-3-5-7-10;2*1-9-4-5-10-3-2-6(7)8/h2*3-9H2,1-2H3;2*2-5H2,1H3,(H,7,8)/q2*+1;;/p-2. The van der Waals surface area contributed by atoms with Crippen LogP contribution in [0, 0.1) is 0 Å². The van der Waals surface area contributed by atoms with E-state index in [2.05, 4.69) is 23.6 Å². The first-order chi connectivity index (χ1) is 20.1. The van der Waals surface area contributed by atoms with Gasteiger partial charge in [0.05, 0.1) is 93.1 Å². The summed E-state index contributed by atoms with van der Waals surface area (Å²) >= 11 is 0. The third-order valence-corrected chi connectivity index (χ3v) is 7.23. The summed E-state index contributed by atoms with van der Waals surface area (Å²) in [6, 6.07) is 0. The van der Waals surface area contributed by atoms with Crippen molar-refractivity contribution >= 4 is 11.9 Å². The van der Waals surface area contributed by atoms with Gasteiger partial charge in [-0.05, 0) is 38.5 Å². The molecule has 12 heteroatoms. The SMILES string of the molecule is COCCOCCC(=O)[O-].COCCOCCC(=O)[O-].COCC[N+]1(C)CCCCC1.COCC[N+]1(C)CCCCC1. The maximum Gasteiger partial charge on any atom is 0.102 e. The van der Waals surface area contributed by atoms with Crippen LogP contribution >= 0.6 is 0 Å². The fourth-order valence-electron chi connectivity index (χ4n) is 4.42. The second-order valence-corrected chi connectivity index (χ2v) is 11.1. The van der Waals surface area contributed by atoms with E-state index >= 15 is 0 Å². The van der Waals surface area contributed by atoms with Gasteiger partial charge < -0.3 is 57.2 Å². The van der Waals surface area contributed by atoms with Crippen molar-refractivity contribution in [3.05, 3.63) is 0 Å². The molecule has 2 fully saturated rings. The van der Waals surface area contributed by atoms with Gasteiger partial charge in [-0.3, -0.25) is 0 Å². The molecular weight excluding hydrogens is 548 g/mol. The molecule has 0 radical (unpaired) electrons. The molecule has 2 aliphatic heterocycles. The quantitative estimate of drug-likeness (QED) is 0.155. The van der Waals surface area contributed by atoms with Crippen LogP contribution in [0.15, 0.2) is 0 Å². The second kappa shape index (κ2) is 29.7. The van der Waals surface area contributed by atoms with E-state index in [1.165, 1.54) is 86.8 Å². The van der Waals surface area contributed by atoms with E-state index in [1.807, 2.05) is 0 Å². The van der Waals surface area contributed by atoms with E-state index in [0.717, 1.165) is 13.2 Å². The molecule has 0 aromatic rings. The summed E-state index contributed by atoms with van der Waals surface area (Å²) in [6.45, 7) is 11.9. The van der Waals surface area contributed by atoms with Crippen LogP contribution in [0.25, 0.3) is 0 Å². The fraction of sp³-hybridized carbons (Fsp3) is 0.933. The first kappa shape index (κ1) is 42.8. The lowest BCUT2D eigenvalue weighted by Crippen LogP contribution is -2.49. The number of rotatable bonds is 18. The van der Waals surface area contributed by atoms with Crippen molar-refractivity contribution in [3.8, 4) is 0 Å². The topological polar surface area (TPSA) is 136 Å². The van der Waals surface area contributed by atoms with Crippen LogP contribution in [0.2, 0.25) is 0 Å². The van der Waals surface area contributed by atoms with Gasteiger partial charge in [0.25, 0.3) is 0 Å². The summed E-state index contributed by atoms with van der Waals surface area (Å²) in [5, 5.41) is 19.6. The molecule has 0 aromatic carbocycles. The molecule has 0 saturated carbocycles. The minimum Gasteiger partial charge on any atom is -0.550 e. The molecule has 0 unspecified atom stereocenters. The molecule has 252 valence electrons. The maximum atomic E-state index is 9.81. The first-order valence-electron chi connectivity index (χ1n) is 15.3. The molecule has 0 spiro atoms. The van der Waals surface area contributed by atoms with Crippen molar-refractivity contribution in [1.82, 2.24) is 0 Å². The Labute approximate surface area is 255 Å². The predicted octanol–water partition coefficient (Wildman–Crippen LogP) is 0.105. The molecule has 0 aliphatic carbocycles. The van der Waals surface area contributed by atoms with Crippen molar-refractivity contribution in [2.24, 2.45) is 0 Å². The molecule has 12 nitrogen and oxygen atoms in total. The molecule has 0 N–H and O–H groups in total. The first-order valence-corrected chi connectivity index (χ1v) is 15.3. The summed E-state index contributed by atoms with van der Waals surface area (Å²) < 4.78 is 31.6. The Hall–Kier alpha value is -1.38. The number of likely N-dealkylation sites (tertiary alicyclic amines) is 2. The minimum absolute atomic E-state index is 0.0519. The number of carbonyl (C=O) groups excluding carboxylic acids is 2. The van der Waals surface area contributed by atoms with Gasteiger partial charge in [0, 0.05) is 53.2 Å². The zero-order valence-electron chi connectivity index (χ0n) is 27.5. The molecule has 0 bridgehead atoms. The Morgan fingerprint density at radius 3 is 1.07 bits per heavy atom. The molecule has 0 aromatic heterocycles. The van der Waals surface area contributed by atoms with E-state index in [-0.39, 0.29) is 26.1 Å². The van der Waals surface area contributed by atoms with Gasteiger partial charge in [0.15, 0.2) is 0 Å². The molecule has 2 rings (SSSR count). The van der Waals surface area contributed by atoms with Crippen molar-refractivity contribution in [3.63, 3.8) is 0 Å². The smallest absolute Gasteiger partial charge is 0.102 e. The van der Waals surface area contributed by atoms with Gasteiger partial charge in [-0.1, -0.05) is 0 Å². The molecule has 0 amide bonds. The lowest BCUT2D eigenvalue weighted by Gasteiger charge is -2.37. The number of quaternary nitrogens is 2. The Balaban J connectivity index is 0. The van der Waals surface area contributed by atoms with E-state index in [0.29, 0.717) is 26.4 Å². The lowest BCUT2D eigenvalue weighted by molar-refractivity contribution is -0.914. The van der Waals surface area contributed by atoms with Gasteiger partial charge in [-0.15, -0.1) is 0 Å². The highest BCUT2D eigenvalue weighted by Gasteiger charge is 2.24. The Morgan fingerprint density at radius 2 is 0.810 bits per heavy atom. The number of carboxylic acid groups (broad SMARTS) is 2. The number of hydrogen-bond acceptors (Lipinski definition) is 10. The van der Waals surface area contributed by atoms with E-state index in [9.17, 15) is 19.8 Å². The summed E-state index contributed by atoms with van der Waals surface area (Å²) in [7, 11) is 11.4. The summed E-state index contributed by atoms with van der Waals surface area (Å²) in [4.78, 5) is 19.6. The van der Waals surface area contributed by atoms with Gasteiger partial charge >= 0.3 is 0 Å². The second-order valence-electron chi connectivity index (χ2n) is 11.1. The van der Waals surface area contributed by atoms with E-state index in [4.69, 9.17) is 18.9 Å². The van der Waals surface area contributed by atoms with Crippen LogP contribution in [0.1, 0.15) is 51.4 Å². The van der Waals surface area contributed by atoms with Crippen molar-refractivity contribution in [2.45, 2.75) is 51.4 Å². The van der Waals surface area contributed by atoms with E-state index in [1.54, 1.807) is 28.4 Å². The van der Waals surface area contributed by atoms with Gasteiger partial charge in [0.2, 0.25) is 0 Å². The Morgan fingerprint density at radius 1 is 0.500 bits per heavy atom. The number of carbonyl (C=O) groups is 2. The highest BCUT2D eigenvalue weighted by molar-refractivity contribution is 5.64. The maximum absolute atomic E-state index is 9.81. The number of nitrogens with zero attached hydrogens (tertiary/aromatic N) is 2. The largest absolute Gasteiger partial charge is 0.550 e. The monoisotopic (exact) mass is 610 g/mol. The van der Waals surface area contributed by atoms with Crippen molar-refractivity contribution in [2.75, 3.05) is 135 Å². The van der Waals surface area contributed by atoms with Crippen LogP contribution in [0.3, 0.4) is 0 Å². The van der Waals surface area contributed by atoms with Gasteiger partial charge in [0.1, 0.15) is 13.1 Å². The third kappa shape index (κ3) is 30.1. The number of carboxylic acids is 2. The molecule has 42 heavy (non-hydrogen) atoms. The molecule has 2 heterocycles. The third-order valence-electron chi connectivity index (χ3n) is 7.23. The lowest BCUT2D eigenvalue weighted by atomic mass is 10.1. The zero-order chi connectivity index (χ0) is 32.0. The predicted molar refractivity (Wildman–Crippen MR) is 158 cm³/mol. The number of hydrogen-bond donors (Lipinski definition) is 0. The average Bonchev–Trinajstić information content (AvgIpc) is 2.96. The molecule has 0 atom stereocenters. The fourth-order valence-corrected chi connectivity index (χ4v) is 4.42. The van der Waals surface area contributed by atoms with Gasteiger partial charge in [-0.25, -0.2) is 0 Å². The van der Waals surface area contributed by atoms with Crippen LogP contribution < -0.4 is 10.2 Å². The molecular formula is C30H62N2O10. The van der Waals surface area contributed by atoms with Crippen LogP contribution in [0.5, 0.6) is 0 Å². The van der Waals surface area contributed by atoms with Crippen LogP contribution in [-0.2, 0) is 38.0 Å². The highest BCUT2D eigenvalue weighted by atomic mass is 16.5. The normalized spacial score (nSPS) is 16.9. The number of methoxy groups -OCH3 is 4. The number of likely N-dealkylation sites (N-methyl/N-ethyl adjacent to an activating group) is 2. The molecule has 2 saturated heterocycles. The zero-order valence-corrected chi connectivity index (χ0v) is 27.5. The number of ether oxygens (including phenoxy) is 6. The summed E-state index contributed by atoms with van der Waals surface area (Å²) in [5.74, 6) is -2.17. The summed E-state index contributed by atoms with van der Waals surface area (Å²) in [6.07, 6.45) is 8.37. The average molecular weight is 611 g/mol. The van der Waals surface area contributed by atoms with Crippen LogP contribution in [-0.4, -0.2) is 156 Å². The minimum atomic E-state index is -1.09. The Bertz CT molecular complexity index is 561. The van der Waals surface area contributed by atoms with E-state index < -0.39 is 11.9 Å².